The smallest absolute Gasteiger partial charge is 0.226 e. The minimum Gasteiger partial charge on any atom is -0.308 e. The Morgan fingerprint density at radius 3 is 1.10 bits per heavy atom. The van der Waals surface area contributed by atoms with Crippen LogP contribution in [0.25, 0.3) is 131 Å². The number of ketones is 5. The average Bonchev–Trinajstić information content (AvgIpc) is 1.10. The molecule has 21 nitrogen and oxygen atoms in total. The monoisotopic (exact) mass is 1920 g/mol. The number of benzene rings is 6. The zero-order valence-corrected chi connectivity index (χ0v) is 81.3. The van der Waals surface area contributed by atoms with Crippen LogP contribution < -0.4 is 0 Å². The second kappa shape index (κ2) is 37.6. The third-order valence-corrected chi connectivity index (χ3v) is 31.6. The van der Waals surface area contributed by atoms with Gasteiger partial charge >= 0.3 is 0 Å². The molecule has 0 radical (unpaired) electrons. The van der Waals surface area contributed by atoms with E-state index in [-0.39, 0.29) is 123 Å². The van der Waals surface area contributed by atoms with E-state index >= 15 is 13.2 Å². The second-order valence-electron chi connectivity index (χ2n) is 39.2. The Kier molecular flexibility index (Phi) is 25.3. The summed E-state index contributed by atoms with van der Waals surface area (Å²) in [5.74, 6) is -1.94. The van der Waals surface area contributed by atoms with E-state index in [1.165, 1.54) is 54.7 Å². The molecule has 12 atom stereocenters. The molecule has 27 heteroatoms. The molecule has 8 aliphatic carbocycles. The summed E-state index contributed by atoms with van der Waals surface area (Å²) in [6.07, 6.45) is 17.6. The Bertz CT molecular complexity index is 8120. The highest BCUT2D eigenvalue weighted by atomic mass is 32.1. The SMILES string of the molecule is [C-]#[N+]C1=C[C@@]2(C)c3nc(-c4ccnc(CC(C)=O)c4)nc(-c4ccccc4F)c3CC[C@@H]2[C@@H](C)C1=O.[C-]#[N+]C1=C[C@@]2(C)c3nc(-c4ccnc5cc(F)ccc45)nc(-c4ccccc4F)c3CC[C@@H]2[C@@H](C)C1=O.[C-]#[N+]C1=C[C@@]2(C)c3nc(-c4ccnc5ccc(C)cc45)nc(-c4ccccc4F)c3CC[C@@H]2[C@@H](C)C1=O.[C-]#[N+]C1=C[C@@]2(C)c3nc(-c4sc(C)nc4C)nc(-c4ccccc4F)c3CC[C@@H]2[C@@H](C)C1=O. The number of nitrogens with zero attached hydrogens (tertiary/aromatic N) is 16. The molecule has 22 rings (SSSR count). The second-order valence-corrected chi connectivity index (χ2v) is 40.4. The molecule has 0 aliphatic heterocycles. The normalized spacial score (nSPS) is 23.0. The summed E-state index contributed by atoms with van der Waals surface area (Å²) in [4.78, 5) is 135. The summed E-state index contributed by atoms with van der Waals surface area (Å²) in [6.45, 7) is 53.5. The van der Waals surface area contributed by atoms with E-state index < -0.39 is 33.3 Å². The fourth-order valence-electron chi connectivity index (χ4n) is 23.4. The van der Waals surface area contributed by atoms with Crippen LogP contribution >= 0.6 is 11.3 Å². The number of halogens is 5. The van der Waals surface area contributed by atoms with Gasteiger partial charge in [-0.3, -0.25) is 19.7 Å². The van der Waals surface area contributed by atoms with Crippen LogP contribution in [0.4, 0.5) is 22.0 Å². The molecule has 6 aromatic carbocycles. The van der Waals surface area contributed by atoms with Crippen LogP contribution in [0.1, 0.15) is 155 Å². The standard InChI is InChI=1S/C31H25FN4O.C30H22F2N4O.C29H25FN4O2.C26H23FN4OS/c1-17-9-12-25-22(15-17)19(13-14-34-25)30-35-27(20-7-5-6-8-24(20)32)21-10-11-23-18(2)28(37)26(33-4)16-31(23,3)29(21)36-30;1-16-22-11-10-21-26(20-6-4-5-7-23(20)32)35-29(19-12-13-34-24-14-17(31)8-9-18(19)24)36-28(21)30(22,2)15-25(33-3)27(16)37;1-16(35)13-19-14-18(11-12-32-19)28-33-25(20-7-5-6-8-23(20)30)21-9-10-22-17(2)26(36)24(31-4)15-29(22,3)27(21)34-28;1-13-18-11-10-17-21(16-8-6-7-9-19(16)27)30-25(23-14(2)29-15(3)33-23)31-24(17)26(18,4)12-20(28-5)22(13)32/h5-9,12-16,18,23H,10-11H2,1-3H3;4-9,12-16,22H,10-11H2,1-2H3;5-8,11-12,14-15,17,22H,9-10,13H2,1-3H3;6-9,12-13,18H,10-11H2,1-4H3/t18-,23-,31-;16-,22-,30-;17-,22-,29-;13-,18-,26-/m1111/s1. The predicted octanol–water partition coefficient (Wildman–Crippen LogP) is 24.3. The van der Waals surface area contributed by atoms with Crippen molar-refractivity contribution in [1.82, 2.24) is 59.8 Å². The number of thiazole rings is 1. The van der Waals surface area contributed by atoms with Crippen LogP contribution in [0.15, 0.2) is 223 Å². The molecular weight excluding hydrogens is 1820 g/mol. The van der Waals surface area contributed by atoms with E-state index in [0.29, 0.717) is 146 Å². The van der Waals surface area contributed by atoms with E-state index in [9.17, 15) is 32.8 Å². The molecule has 710 valence electrons. The van der Waals surface area contributed by atoms with Gasteiger partial charge in [-0.05, 0) is 200 Å². The van der Waals surface area contributed by atoms with Gasteiger partial charge in [-0.25, -0.2) is 86.2 Å². The molecule has 0 amide bonds. The topological polar surface area (TPSA) is 257 Å². The van der Waals surface area contributed by atoms with Crippen LogP contribution in [0.2, 0.25) is 0 Å². The van der Waals surface area contributed by atoms with Gasteiger partial charge in [0, 0.05) is 154 Å². The van der Waals surface area contributed by atoms with Gasteiger partial charge in [0.05, 0.1) is 98.5 Å². The van der Waals surface area contributed by atoms with Crippen molar-refractivity contribution in [2.75, 3.05) is 0 Å². The van der Waals surface area contributed by atoms with E-state index in [4.69, 9.17) is 66.2 Å². The maximum absolute atomic E-state index is 15.2. The number of aromatic nitrogens is 12. The summed E-state index contributed by atoms with van der Waals surface area (Å²) >= 11 is 1.51. The number of hydrogen-bond donors (Lipinski definition) is 0. The number of aryl methyl sites for hydroxylation is 3. The predicted molar refractivity (Wildman–Crippen MR) is 536 cm³/mol. The van der Waals surface area contributed by atoms with Crippen molar-refractivity contribution in [3.05, 3.63) is 365 Å². The number of Topliss-reactive ketones (excluding diaryl/α,β-unsaturated/α-hetero) is 5. The van der Waals surface area contributed by atoms with Crippen LogP contribution in [-0.4, -0.2) is 88.7 Å². The summed E-state index contributed by atoms with van der Waals surface area (Å²) in [7, 11) is 0. The molecule has 0 unspecified atom stereocenters. The summed E-state index contributed by atoms with van der Waals surface area (Å²) < 4.78 is 74.2. The number of hydrogen-bond acceptors (Lipinski definition) is 18. The van der Waals surface area contributed by atoms with Crippen LogP contribution in [0, 0.1) is 123 Å². The number of fused-ring (bicyclic) bond motifs is 14. The first-order valence-electron chi connectivity index (χ1n) is 47.6. The number of pyridine rings is 3. The van der Waals surface area contributed by atoms with E-state index in [1.54, 1.807) is 134 Å². The van der Waals surface area contributed by atoms with Crippen molar-refractivity contribution in [2.45, 2.75) is 163 Å². The maximum Gasteiger partial charge on any atom is 0.226 e. The van der Waals surface area contributed by atoms with Gasteiger partial charge in [-0.1, -0.05) is 140 Å². The van der Waals surface area contributed by atoms with E-state index in [1.807, 2.05) is 86.6 Å². The van der Waals surface area contributed by atoms with Crippen molar-refractivity contribution in [1.29, 1.82) is 0 Å². The molecule has 8 heterocycles. The summed E-state index contributed by atoms with van der Waals surface area (Å²) in [5, 5.41) is 2.50. The van der Waals surface area contributed by atoms with Gasteiger partial charge in [0.15, 0.2) is 46.4 Å². The Morgan fingerprint density at radius 2 is 0.734 bits per heavy atom. The lowest BCUT2D eigenvalue weighted by atomic mass is 9.58. The molecule has 143 heavy (non-hydrogen) atoms. The fourth-order valence-corrected chi connectivity index (χ4v) is 24.3. The molecular formula is C116H95F5N16O5S. The summed E-state index contributed by atoms with van der Waals surface area (Å²) in [5.41, 5.74) is 14.0. The average molecular weight is 1920 g/mol. The lowest BCUT2D eigenvalue weighted by Gasteiger charge is -2.46. The van der Waals surface area contributed by atoms with Gasteiger partial charge in [-0.15, -0.1) is 11.3 Å². The Morgan fingerprint density at radius 1 is 0.385 bits per heavy atom. The number of rotatable bonds is 10. The van der Waals surface area contributed by atoms with Crippen molar-refractivity contribution in [2.24, 2.45) is 47.3 Å². The molecule has 0 spiro atoms. The summed E-state index contributed by atoms with van der Waals surface area (Å²) in [6, 6.07) is 44.0. The van der Waals surface area contributed by atoms with Crippen LogP contribution in [0.5, 0.6) is 0 Å². The largest absolute Gasteiger partial charge is 0.308 e. The first-order chi connectivity index (χ1) is 68.6. The van der Waals surface area contributed by atoms with Gasteiger partial charge in [0.1, 0.15) is 34.9 Å². The molecule has 0 fully saturated rings. The van der Waals surface area contributed by atoms with Gasteiger partial charge in [0.2, 0.25) is 22.8 Å². The maximum atomic E-state index is 15.2. The Labute approximate surface area is 827 Å². The van der Waals surface area contributed by atoms with E-state index in [0.717, 1.165) is 84.1 Å². The molecule has 0 bridgehead atoms. The molecule has 14 aromatic rings. The van der Waals surface area contributed by atoms with Crippen LogP contribution in [0.3, 0.4) is 0 Å². The zero-order valence-electron chi connectivity index (χ0n) is 80.5. The highest BCUT2D eigenvalue weighted by Gasteiger charge is 2.55. The first-order valence-corrected chi connectivity index (χ1v) is 48.4. The third kappa shape index (κ3) is 16.8. The number of allylic oxidation sites excluding steroid dienone is 8. The molecule has 0 saturated carbocycles. The molecule has 8 aromatic heterocycles. The highest BCUT2D eigenvalue weighted by Crippen LogP contribution is 2.58. The van der Waals surface area contributed by atoms with Crippen molar-refractivity contribution >= 4 is 62.1 Å². The number of carbonyl (C=O) groups is 5. The van der Waals surface area contributed by atoms with Crippen molar-refractivity contribution in [3.8, 4) is 89.9 Å². The lowest BCUT2D eigenvalue weighted by Crippen LogP contribution is -2.46. The van der Waals surface area contributed by atoms with Crippen molar-refractivity contribution in [3.63, 3.8) is 0 Å². The molecule has 0 saturated heterocycles. The third-order valence-electron chi connectivity index (χ3n) is 30.5. The number of carbonyl (C=O) groups excluding carboxylic acids is 5. The quantitative estimate of drug-likeness (QED) is 0.0910. The first kappa shape index (κ1) is 96.1. The zero-order chi connectivity index (χ0) is 101. The fraction of sp³-hybridized carbons (Fsp3) is 0.284. The minimum absolute atomic E-state index is 0.00826. The Hall–Kier alpha value is -15.8. The lowest BCUT2D eigenvalue weighted by molar-refractivity contribution is -0.122. The van der Waals surface area contributed by atoms with Gasteiger partial charge in [0.25, 0.3) is 0 Å². The molecule has 8 aliphatic rings. The van der Waals surface area contributed by atoms with Gasteiger partial charge in [-0.2, -0.15) is 0 Å². The van der Waals surface area contributed by atoms with E-state index in [2.05, 4.69) is 59.2 Å². The minimum atomic E-state index is -0.715. The Balaban J connectivity index is 0.000000121. The van der Waals surface area contributed by atoms with Gasteiger partial charge < -0.3 is 19.2 Å². The van der Waals surface area contributed by atoms with Crippen molar-refractivity contribution < 1.29 is 45.9 Å². The molecule has 0 N–H and O–H groups in total. The van der Waals surface area contributed by atoms with Crippen LogP contribution in [-0.2, 0) is 77.7 Å². The highest BCUT2D eigenvalue weighted by molar-refractivity contribution is 7.15.